The van der Waals surface area contributed by atoms with Gasteiger partial charge in [-0.15, -0.1) is 11.3 Å². The maximum Gasteiger partial charge on any atom is 0.0578 e. The highest BCUT2D eigenvalue weighted by atomic mass is 32.1. The van der Waals surface area contributed by atoms with Crippen LogP contribution in [0.3, 0.4) is 0 Å². The van der Waals surface area contributed by atoms with Crippen LogP contribution in [0.5, 0.6) is 0 Å². The number of hydrogen-bond donors (Lipinski definition) is 2. The molecule has 1 aromatic carbocycles. The molecule has 0 fully saturated rings. The molecular formula is C14H18N2S. The van der Waals surface area contributed by atoms with Gasteiger partial charge in [-0.25, -0.2) is 0 Å². The van der Waals surface area contributed by atoms with Gasteiger partial charge in [-0.3, -0.25) is 0 Å². The second-order valence-corrected chi connectivity index (χ2v) is 5.78. The van der Waals surface area contributed by atoms with Crippen molar-refractivity contribution >= 4 is 22.7 Å². The lowest BCUT2D eigenvalue weighted by Crippen LogP contribution is -2.08. The van der Waals surface area contributed by atoms with Gasteiger partial charge in [0.25, 0.3) is 0 Å². The zero-order chi connectivity index (χ0) is 12.4. The van der Waals surface area contributed by atoms with E-state index in [0.717, 1.165) is 11.4 Å². The molecule has 17 heavy (non-hydrogen) atoms. The molecule has 0 saturated heterocycles. The second kappa shape index (κ2) is 4.80. The third-order valence-corrected chi connectivity index (χ3v) is 3.86. The summed E-state index contributed by atoms with van der Waals surface area (Å²) < 4.78 is 0. The van der Waals surface area contributed by atoms with Crippen molar-refractivity contribution in [3.63, 3.8) is 0 Å². The summed E-state index contributed by atoms with van der Waals surface area (Å²) in [6, 6.07) is 10.4. The topological polar surface area (TPSA) is 38.0 Å². The number of hydrogen-bond acceptors (Lipinski definition) is 3. The van der Waals surface area contributed by atoms with Gasteiger partial charge in [0, 0.05) is 15.8 Å². The third-order valence-electron chi connectivity index (χ3n) is 2.88. The molecule has 0 amide bonds. The highest BCUT2D eigenvalue weighted by Gasteiger charge is 2.11. The van der Waals surface area contributed by atoms with E-state index in [2.05, 4.69) is 32.2 Å². The van der Waals surface area contributed by atoms with Crippen LogP contribution >= 0.6 is 11.3 Å². The van der Waals surface area contributed by atoms with E-state index in [9.17, 15) is 0 Å². The standard InChI is InChI=1S/C14H18N2S/c1-9-8-12(11(3)17-9)10(2)16-14-7-5-4-6-13(14)15/h4-8,10,16H,15H2,1-3H3. The van der Waals surface area contributed by atoms with E-state index in [1.54, 1.807) is 0 Å². The molecule has 0 spiro atoms. The fourth-order valence-corrected chi connectivity index (χ4v) is 3.04. The number of para-hydroxylation sites is 2. The average Bonchev–Trinajstić information content (AvgIpc) is 2.61. The lowest BCUT2D eigenvalue weighted by Gasteiger charge is -2.16. The van der Waals surface area contributed by atoms with Crippen LogP contribution in [0.1, 0.15) is 28.3 Å². The quantitative estimate of drug-likeness (QED) is 0.799. The van der Waals surface area contributed by atoms with Crippen LogP contribution in [0, 0.1) is 13.8 Å². The smallest absolute Gasteiger partial charge is 0.0578 e. The van der Waals surface area contributed by atoms with Gasteiger partial charge in [0.2, 0.25) is 0 Å². The Morgan fingerprint density at radius 2 is 1.94 bits per heavy atom. The fraction of sp³-hybridized carbons (Fsp3) is 0.286. The highest BCUT2D eigenvalue weighted by molar-refractivity contribution is 7.12. The first kappa shape index (κ1) is 12.0. The van der Waals surface area contributed by atoms with Crippen LogP contribution in [-0.2, 0) is 0 Å². The molecule has 0 radical (unpaired) electrons. The molecule has 0 aliphatic heterocycles. The molecule has 1 atom stereocenters. The Kier molecular flexibility index (Phi) is 3.38. The molecule has 2 aromatic rings. The maximum atomic E-state index is 5.93. The van der Waals surface area contributed by atoms with Gasteiger partial charge in [-0.1, -0.05) is 12.1 Å². The molecule has 2 rings (SSSR count). The summed E-state index contributed by atoms with van der Waals surface area (Å²) in [5, 5.41) is 3.46. The summed E-state index contributed by atoms with van der Waals surface area (Å²) in [6.07, 6.45) is 0. The Morgan fingerprint density at radius 3 is 2.53 bits per heavy atom. The molecule has 0 aliphatic rings. The minimum atomic E-state index is 0.282. The molecule has 3 N–H and O–H groups in total. The van der Waals surface area contributed by atoms with Crippen molar-refractivity contribution in [3.05, 3.63) is 45.6 Å². The van der Waals surface area contributed by atoms with E-state index < -0.39 is 0 Å². The monoisotopic (exact) mass is 246 g/mol. The predicted molar refractivity (Wildman–Crippen MR) is 76.7 cm³/mol. The summed E-state index contributed by atoms with van der Waals surface area (Å²) >= 11 is 1.84. The average molecular weight is 246 g/mol. The number of nitrogen functional groups attached to an aromatic ring is 1. The largest absolute Gasteiger partial charge is 0.397 e. The van der Waals surface area contributed by atoms with E-state index in [1.165, 1.54) is 15.3 Å². The number of rotatable bonds is 3. The third kappa shape index (κ3) is 2.61. The lowest BCUT2D eigenvalue weighted by molar-refractivity contribution is 0.882. The summed E-state index contributed by atoms with van der Waals surface area (Å²) in [5.74, 6) is 0. The molecule has 2 nitrogen and oxygen atoms in total. The molecule has 0 aliphatic carbocycles. The fourth-order valence-electron chi connectivity index (χ4n) is 2.02. The zero-order valence-electron chi connectivity index (χ0n) is 10.4. The van der Waals surface area contributed by atoms with Crippen LogP contribution in [0.15, 0.2) is 30.3 Å². The normalized spacial score (nSPS) is 12.4. The van der Waals surface area contributed by atoms with E-state index in [4.69, 9.17) is 5.73 Å². The van der Waals surface area contributed by atoms with Gasteiger partial charge < -0.3 is 11.1 Å². The summed E-state index contributed by atoms with van der Waals surface area (Å²) in [5.41, 5.74) is 9.09. The second-order valence-electron chi connectivity index (χ2n) is 4.32. The number of anilines is 2. The number of thiophene rings is 1. The van der Waals surface area contributed by atoms with Gasteiger partial charge in [-0.05, 0) is 44.5 Å². The number of benzene rings is 1. The predicted octanol–water partition coefficient (Wildman–Crippen LogP) is 4.12. The van der Waals surface area contributed by atoms with Crippen molar-refractivity contribution in [2.45, 2.75) is 26.8 Å². The molecule has 1 heterocycles. The van der Waals surface area contributed by atoms with E-state index >= 15 is 0 Å². The lowest BCUT2D eigenvalue weighted by atomic mass is 10.1. The molecule has 0 bridgehead atoms. The molecule has 1 unspecified atom stereocenters. The number of nitrogens with two attached hydrogens (primary N) is 1. The Hall–Kier alpha value is -1.48. The minimum absolute atomic E-state index is 0.282. The molecule has 90 valence electrons. The molecule has 3 heteroatoms. The van der Waals surface area contributed by atoms with Crippen molar-refractivity contribution in [1.29, 1.82) is 0 Å². The van der Waals surface area contributed by atoms with Gasteiger partial charge in [0.05, 0.1) is 11.4 Å². The van der Waals surface area contributed by atoms with E-state index in [-0.39, 0.29) is 6.04 Å². The zero-order valence-corrected chi connectivity index (χ0v) is 11.3. The van der Waals surface area contributed by atoms with Crippen LogP contribution in [0.4, 0.5) is 11.4 Å². The van der Waals surface area contributed by atoms with Crippen LogP contribution < -0.4 is 11.1 Å². The first-order valence-corrected chi connectivity index (χ1v) is 6.57. The van der Waals surface area contributed by atoms with E-state index in [1.807, 2.05) is 35.6 Å². The van der Waals surface area contributed by atoms with Crippen molar-refractivity contribution in [3.8, 4) is 0 Å². The summed E-state index contributed by atoms with van der Waals surface area (Å²) in [7, 11) is 0. The SMILES string of the molecule is Cc1cc(C(C)Nc2ccccc2N)c(C)s1. The van der Waals surface area contributed by atoms with Crippen molar-refractivity contribution in [2.24, 2.45) is 0 Å². The molecule has 1 aromatic heterocycles. The van der Waals surface area contributed by atoms with Gasteiger partial charge >= 0.3 is 0 Å². The molecule has 0 saturated carbocycles. The van der Waals surface area contributed by atoms with Crippen molar-refractivity contribution < 1.29 is 0 Å². The molecular weight excluding hydrogens is 228 g/mol. The summed E-state index contributed by atoms with van der Waals surface area (Å²) in [6.45, 7) is 6.48. The number of nitrogens with one attached hydrogen (secondary N) is 1. The highest BCUT2D eigenvalue weighted by Crippen LogP contribution is 2.29. The van der Waals surface area contributed by atoms with Crippen molar-refractivity contribution in [1.82, 2.24) is 0 Å². The maximum absolute atomic E-state index is 5.93. The van der Waals surface area contributed by atoms with Crippen molar-refractivity contribution in [2.75, 3.05) is 11.1 Å². The van der Waals surface area contributed by atoms with Crippen LogP contribution in [-0.4, -0.2) is 0 Å². The van der Waals surface area contributed by atoms with Crippen LogP contribution in [0.25, 0.3) is 0 Å². The van der Waals surface area contributed by atoms with Gasteiger partial charge in [0.15, 0.2) is 0 Å². The van der Waals surface area contributed by atoms with Crippen LogP contribution in [0.2, 0.25) is 0 Å². The summed E-state index contributed by atoms with van der Waals surface area (Å²) in [4.78, 5) is 2.73. The Balaban J connectivity index is 2.20. The van der Waals surface area contributed by atoms with Gasteiger partial charge in [0.1, 0.15) is 0 Å². The first-order valence-electron chi connectivity index (χ1n) is 5.76. The van der Waals surface area contributed by atoms with E-state index in [0.29, 0.717) is 0 Å². The van der Waals surface area contributed by atoms with Gasteiger partial charge in [-0.2, -0.15) is 0 Å². The first-order chi connectivity index (χ1) is 8.08. The Labute approximate surface area is 106 Å². The Morgan fingerprint density at radius 1 is 1.24 bits per heavy atom. The minimum Gasteiger partial charge on any atom is -0.397 e. The number of aryl methyl sites for hydroxylation is 2. The Bertz CT molecular complexity index is 517.